The molecule has 2 aromatic rings. The average molecular weight is 500 g/mol. The van der Waals surface area contributed by atoms with E-state index in [9.17, 15) is 19.2 Å². The first-order chi connectivity index (χ1) is 17.0. The summed E-state index contributed by atoms with van der Waals surface area (Å²) in [6.45, 7) is 2.25. The minimum absolute atomic E-state index is 0.206. The van der Waals surface area contributed by atoms with Crippen molar-refractivity contribution in [3.8, 4) is 11.5 Å². The van der Waals surface area contributed by atoms with Crippen LogP contribution in [0.2, 0.25) is 0 Å². The van der Waals surface area contributed by atoms with E-state index in [1.807, 2.05) is 0 Å². The van der Waals surface area contributed by atoms with Gasteiger partial charge in [0.25, 0.3) is 0 Å². The second-order valence-corrected chi connectivity index (χ2v) is 10.6. The first-order valence-electron chi connectivity index (χ1n) is 13.0. The zero-order chi connectivity index (χ0) is 25.3. The van der Waals surface area contributed by atoms with Crippen molar-refractivity contribution in [3.63, 3.8) is 0 Å². The predicted molar refractivity (Wildman–Crippen MR) is 146 cm³/mol. The van der Waals surface area contributed by atoms with E-state index >= 15 is 0 Å². The van der Waals surface area contributed by atoms with Crippen LogP contribution in [0.5, 0.6) is 11.5 Å². The van der Waals surface area contributed by atoms with Crippen LogP contribution in [-0.2, 0) is 15.6 Å². The molecule has 1 atom stereocenters. The van der Waals surface area contributed by atoms with Crippen LogP contribution in [0, 0.1) is 0 Å². The predicted octanol–water partition coefficient (Wildman–Crippen LogP) is 7.56. The van der Waals surface area contributed by atoms with Crippen molar-refractivity contribution < 1.29 is 19.2 Å². The van der Waals surface area contributed by atoms with Crippen molar-refractivity contribution in [2.75, 3.05) is 11.1 Å². The zero-order valence-corrected chi connectivity index (χ0v) is 21.8. The number of hydrogen-bond donors (Lipinski definition) is 3. The number of amides is 1. The van der Waals surface area contributed by atoms with Gasteiger partial charge in [-0.15, -0.1) is 0 Å². The van der Waals surface area contributed by atoms with Crippen molar-refractivity contribution >= 4 is 28.5 Å². The van der Waals surface area contributed by atoms with Gasteiger partial charge in [-0.2, -0.15) is 0 Å². The van der Waals surface area contributed by atoms with E-state index in [0.29, 0.717) is 17.0 Å². The Hall–Kier alpha value is -2.60. The topological polar surface area (TPSA) is 86.6 Å². The van der Waals surface area contributed by atoms with Gasteiger partial charge in [-0.1, -0.05) is 83.6 Å². The fraction of sp³-hybridized carbons (Fsp3) is 0.483. The molecule has 0 heterocycles. The number of phenolic OH excluding ortho intramolecular Hbond substituents is 2. The lowest BCUT2D eigenvalue weighted by molar-refractivity contribution is -0.111. The Bertz CT molecular complexity index is 940. The molecule has 0 aliphatic heterocycles. The molecule has 2 aromatic carbocycles. The molecule has 0 spiro atoms. The number of carbonyl (C=O) groups excluding carboxylic acids is 1. The SMILES string of the molecule is CCCCCCCCCCCCCCS(=O)c1ccc(NC(=O)C=Cc2ccc(O)c(O)c2)cc1. The standard InChI is InChI=1S/C29H41NO4S/c1-2-3-4-5-6-7-8-9-10-11-12-13-22-35(34)26-18-16-25(17-19-26)30-29(33)21-15-24-14-20-27(31)28(32)23-24/h14-21,23,31-32H,2-13,22H2,1H3,(H,30,33). The summed E-state index contributed by atoms with van der Waals surface area (Å²) >= 11 is 0. The molecular weight excluding hydrogens is 458 g/mol. The lowest BCUT2D eigenvalue weighted by Gasteiger charge is -2.06. The maximum absolute atomic E-state index is 12.5. The fourth-order valence-electron chi connectivity index (χ4n) is 3.88. The zero-order valence-electron chi connectivity index (χ0n) is 21.0. The summed E-state index contributed by atoms with van der Waals surface area (Å²) in [4.78, 5) is 12.9. The molecule has 0 saturated carbocycles. The van der Waals surface area contributed by atoms with Crippen LogP contribution in [0.25, 0.3) is 6.08 Å². The van der Waals surface area contributed by atoms with Crippen LogP contribution in [0.3, 0.4) is 0 Å². The quantitative estimate of drug-likeness (QED) is 0.119. The first kappa shape index (κ1) is 28.6. The maximum Gasteiger partial charge on any atom is 0.248 e. The van der Waals surface area contributed by atoms with Gasteiger partial charge in [-0.3, -0.25) is 9.00 Å². The van der Waals surface area contributed by atoms with E-state index in [-0.39, 0.29) is 17.4 Å². The summed E-state index contributed by atoms with van der Waals surface area (Å²) in [5.41, 5.74) is 1.22. The molecule has 5 nitrogen and oxygen atoms in total. The number of benzene rings is 2. The number of rotatable bonds is 17. The second kappa shape index (κ2) is 16.9. The van der Waals surface area contributed by atoms with E-state index in [2.05, 4.69) is 12.2 Å². The Kier molecular flexibility index (Phi) is 13.9. The molecule has 0 aromatic heterocycles. The van der Waals surface area contributed by atoms with Crippen molar-refractivity contribution in [1.29, 1.82) is 0 Å². The summed E-state index contributed by atoms with van der Waals surface area (Å²) in [5.74, 6) is -0.0869. The first-order valence-corrected chi connectivity index (χ1v) is 14.3. The van der Waals surface area contributed by atoms with Crippen molar-refractivity contribution in [1.82, 2.24) is 0 Å². The number of unbranched alkanes of at least 4 members (excludes halogenated alkanes) is 11. The van der Waals surface area contributed by atoms with E-state index in [4.69, 9.17) is 0 Å². The Morgan fingerprint density at radius 3 is 1.94 bits per heavy atom. The summed E-state index contributed by atoms with van der Waals surface area (Å²) < 4.78 is 12.5. The molecule has 35 heavy (non-hydrogen) atoms. The van der Waals surface area contributed by atoms with Crippen molar-refractivity contribution in [2.24, 2.45) is 0 Å². The van der Waals surface area contributed by atoms with E-state index in [1.54, 1.807) is 36.4 Å². The molecule has 1 amide bonds. The van der Waals surface area contributed by atoms with Gasteiger partial charge in [-0.05, 0) is 54.5 Å². The van der Waals surface area contributed by atoms with E-state index in [0.717, 1.165) is 17.7 Å². The van der Waals surface area contributed by atoms with Crippen molar-refractivity contribution in [3.05, 3.63) is 54.1 Å². The molecule has 0 saturated heterocycles. The molecule has 0 fully saturated rings. The van der Waals surface area contributed by atoms with Gasteiger partial charge in [0.1, 0.15) is 0 Å². The third kappa shape index (κ3) is 12.1. The molecule has 2 rings (SSSR count). The summed E-state index contributed by atoms with van der Waals surface area (Å²) in [6.07, 6.45) is 18.3. The molecule has 3 N–H and O–H groups in total. The normalized spacial score (nSPS) is 12.1. The second-order valence-electron chi connectivity index (χ2n) is 9.03. The summed E-state index contributed by atoms with van der Waals surface area (Å²) in [7, 11) is -1.02. The fourth-order valence-corrected chi connectivity index (χ4v) is 5.02. The highest BCUT2D eigenvalue weighted by molar-refractivity contribution is 7.85. The highest BCUT2D eigenvalue weighted by atomic mass is 32.2. The third-order valence-electron chi connectivity index (χ3n) is 5.99. The molecule has 0 bridgehead atoms. The van der Waals surface area contributed by atoms with Crippen LogP contribution in [0.15, 0.2) is 53.4 Å². The lowest BCUT2D eigenvalue weighted by atomic mass is 10.1. The largest absolute Gasteiger partial charge is 0.504 e. The summed E-state index contributed by atoms with van der Waals surface area (Å²) in [5, 5.41) is 21.6. The Morgan fingerprint density at radius 1 is 0.800 bits per heavy atom. The highest BCUT2D eigenvalue weighted by Gasteiger charge is 2.05. The number of phenols is 2. The highest BCUT2D eigenvalue weighted by Crippen LogP contribution is 2.25. The van der Waals surface area contributed by atoms with Crippen LogP contribution in [0.1, 0.15) is 89.5 Å². The molecule has 0 aliphatic carbocycles. The number of aromatic hydroxyl groups is 2. The minimum Gasteiger partial charge on any atom is -0.504 e. The van der Waals surface area contributed by atoms with E-state index in [1.165, 1.54) is 82.4 Å². The molecule has 0 aliphatic rings. The number of carbonyl (C=O) groups is 1. The van der Waals surface area contributed by atoms with Gasteiger partial charge in [0.2, 0.25) is 5.91 Å². The van der Waals surface area contributed by atoms with Crippen LogP contribution >= 0.6 is 0 Å². The Morgan fingerprint density at radius 2 is 1.37 bits per heavy atom. The van der Waals surface area contributed by atoms with Gasteiger partial charge in [0, 0.05) is 22.4 Å². The van der Waals surface area contributed by atoms with E-state index < -0.39 is 10.8 Å². The molecule has 1 unspecified atom stereocenters. The van der Waals surface area contributed by atoms with Gasteiger partial charge < -0.3 is 15.5 Å². The number of nitrogens with one attached hydrogen (secondary N) is 1. The molecule has 0 radical (unpaired) electrons. The smallest absolute Gasteiger partial charge is 0.248 e. The lowest BCUT2D eigenvalue weighted by Crippen LogP contribution is -2.07. The third-order valence-corrected chi connectivity index (χ3v) is 7.45. The summed E-state index contributed by atoms with van der Waals surface area (Å²) in [6, 6.07) is 11.4. The van der Waals surface area contributed by atoms with Crippen LogP contribution in [0.4, 0.5) is 5.69 Å². The van der Waals surface area contributed by atoms with Gasteiger partial charge in [-0.25, -0.2) is 0 Å². The number of hydrogen-bond acceptors (Lipinski definition) is 4. The Labute approximate surface area is 213 Å². The minimum atomic E-state index is -1.02. The van der Waals surface area contributed by atoms with Crippen LogP contribution < -0.4 is 5.32 Å². The maximum atomic E-state index is 12.5. The average Bonchev–Trinajstić information content (AvgIpc) is 2.85. The molecular formula is C29H41NO4S. The Balaban J connectivity index is 1.60. The molecule has 6 heteroatoms. The van der Waals surface area contributed by atoms with Crippen molar-refractivity contribution in [2.45, 2.75) is 88.9 Å². The number of anilines is 1. The van der Waals surface area contributed by atoms with Gasteiger partial charge in [0.05, 0.1) is 10.8 Å². The van der Waals surface area contributed by atoms with Crippen LogP contribution in [-0.4, -0.2) is 26.1 Å². The van der Waals surface area contributed by atoms with Gasteiger partial charge >= 0.3 is 0 Å². The van der Waals surface area contributed by atoms with Gasteiger partial charge in [0.15, 0.2) is 11.5 Å². The molecule has 192 valence electrons. The monoisotopic (exact) mass is 499 g/mol.